The van der Waals surface area contributed by atoms with Crippen LogP contribution in [0.5, 0.6) is 0 Å². The summed E-state index contributed by atoms with van der Waals surface area (Å²) in [5, 5.41) is 0. The van der Waals surface area contributed by atoms with Gasteiger partial charge in [0.15, 0.2) is 0 Å². The Morgan fingerprint density at radius 2 is 1.87 bits per heavy atom. The molecule has 0 aliphatic carbocycles. The number of rotatable bonds is 0. The quantitative estimate of drug-likeness (QED) is 0.680. The minimum absolute atomic E-state index is 0.207. The van der Waals surface area contributed by atoms with Crippen molar-refractivity contribution in [2.45, 2.75) is 0 Å². The third-order valence-electron chi connectivity index (χ3n) is 1.35. The lowest BCUT2D eigenvalue weighted by molar-refractivity contribution is 0.343. The van der Waals surface area contributed by atoms with Crippen molar-refractivity contribution in [1.29, 1.82) is 0 Å². The van der Waals surface area contributed by atoms with Gasteiger partial charge in [0.2, 0.25) is 0 Å². The summed E-state index contributed by atoms with van der Waals surface area (Å²) >= 11 is 0. The highest BCUT2D eigenvalue weighted by Gasteiger charge is 1.89. The Morgan fingerprint density at radius 3 is 2.20 bits per heavy atom. The Bertz CT molecular complexity index is 480. The fraction of sp³-hybridized carbons (Fsp3) is 0. The van der Waals surface area contributed by atoms with Crippen LogP contribution in [0.1, 0.15) is 0 Å². The fourth-order valence-corrected chi connectivity index (χ4v) is 0.714. The lowest BCUT2D eigenvalue weighted by Gasteiger charge is -1.84. The van der Waals surface area contributed by atoms with E-state index in [-0.39, 0.29) is 4.79 Å². The molecule has 0 unspecified atom stereocenters. The van der Waals surface area contributed by atoms with Crippen molar-refractivity contribution in [3.05, 3.63) is 63.7 Å². The molecule has 2 aromatic rings. The van der Waals surface area contributed by atoms with Crippen LogP contribution in [0.3, 0.4) is 0 Å². The molecule has 0 fully saturated rings. The van der Waals surface area contributed by atoms with Crippen LogP contribution in [-0.4, -0.2) is 14.8 Å². The zero-order chi connectivity index (χ0) is 11.1. The van der Waals surface area contributed by atoms with Crippen LogP contribution in [0.15, 0.2) is 52.4 Å². The van der Waals surface area contributed by atoms with Crippen molar-refractivity contribution in [3.63, 3.8) is 0 Å². The maximum Gasteiger partial charge on any atom is 0.356 e. The first-order valence-electron chi connectivity index (χ1n) is 4.03. The van der Waals surface area contributed by atoms with Crippen molar-refractivity contribution < 1.29 is 4.48 Å². The van der Waals surface area contributed by atoms with Crippen LogP contribution in [0.4, 0.5) is 4.48 Å². The maximum atomic E-state index is 11.9. The Hall–Kier alpha value is -2.24. The first-order chi connectivity index (χ1) is 7.20. The van der Waals surface area contributed by atoms with Crippen LogP contribution in [-0.2, 0) is 0 Å². The van der Waals surface area contributed by atoms with E-state index >= 15 is 0 Å². The lowest BCUT2D eigenvalue weighted by atomic mass is 10.5. The van der Waals surface area contributed by atoms with E-state index in [0.29, 0.717) is 0 Å². The van der Waals surface area contributed by atoms with E-state index in [4.69, 9.17) is 0 Å². The van der Waals surface area contributed by atoms with Crippen molar-refractivity contribution in [1.82, 2.24) is 14.8 Å². The van der Waals surface area contributed by atoms with Gasteiger partial charge in [0.05, 0.1) is 0 Å². The molecule has 0 aliphatic heterocycles. The number of H-pyrrole nitrogens is 1. The van der Waals surface area contributed by atoms with Gasteiger partial charge in [0.25, 0.3) is 5.56 Å². The molecule has 15 heavy (non-hydrogen) atoms. The SMILES string of the molecule is O=c1ccn(F)c(=O)[nH]1.c1ccncc1. The van der Waals surface area contributed by atoms with Crippen molar-refractivity contribution in [2.24, 2.45) is 0 Å². The molecule has 0 aromatic carbocycles. The second kappa shape index (κ2) is 5.48. The molecule has 0 bridgehead atoms. The van der Waals surface area contributed by atoms with E-state index in [1.54, 1.807) is 17.4 Å². The summed E-state index contributed by atoms with van der Waals surface area (Å²) in [5.74, 6) is 0. The summed E-state index contributed by atoms with van der Waals surface area (Å²) in [6.07, 6.45) is 4.25. The van der Waals surface area contributed by atoms with Gasteiger partial charge in [-0.15, -0.1) is 4.79 Å². The topological polar surface area (TPSA) is 67.8 Å². The zero-order valence-electron chi connectivity index (χ0n) is 7.63. The average Bonchev–Trinajstić information content (AvgIpc) is 2.27. The van der Waals surface area contributed by atoms with Gasteiger partial charge in [-0.25, -0.2) is 4.79 Å². The number of hydrogen-bond acceptors (Lipinski definition) is 3. The molecule has 0 saturated carbocycles. The molecule has 0 aliphatic rings. The first kappa shape index (κ1) is 10.8. The second-order valence-corrected chi connectivity index (χ2v) is 2.45. The summed E-state index contributed by atoms with van der Waals surface area (Å²) in [6, 6.07) is 6.63. The number of nitrogens with one attached hydrogen (secondary N) is 1. The second-order valence-electron chi connectivity index (χ2n) is 2.45. The van der Waals surface area contributed by atoms with Gasteiger partial charge >= 0.3 is 5.69 Å². The van der Waals surface area contributed by atoms with Gasteiger partial charge in [-0.1, -0.05) is 10.5 Å². The van der Waals surface area contributed by atoms with Gasteiger partial charge in [-0.05, 0) is 12.1 Å². The molecular formula is C9H8FN3O2. The first-order valence-corrected chi connectivity index (χ1v) is 4.03. The van der Waals surface area contributed by atoms with E-state index < -0.39 is 11.2 Å². The summed E-state index contributed by atoms with van der Waals surface area (Å²) in [6.45, 7) is 0. The largest absolute Gasteiger partial charge is 0.356 e. The Kier molecular flexibility index (Phi) is 3.96. The van der Waals surface area contributed by atoms with Crippen LogP contribution in [0.2, 0.25) is 0 Å². The Balaban J connectivity index is 0.000000162. The summed E-state index contributed by atoms with van der Waals surface area (Å²) in [7, 11) is 0. The summed E-state index contributed by atoms with van der Waals surface area (Å²) in [4.78, 5) is 25.7. The van der Waals surface area contributed by atoms with Crippen LogP contribution in [0.25, 0.3) is 0 Å². The standard InChI is InChI=1S/C5H5N.C4H3FN2O2/c1-2-4-6-5-3-1;5-7-2-1-3(8)6-4(7)9/h1-5H;1-2H,(H,6,8,9). The highest BCUT2D eigenvalue weighted by atomic mass is 19.2. The van der Waals surface area contributed by atoms with Gasteiger partial charge in [-0.2, -0.15) is 0 Å². The molecule has 6 heteroatoms. The number of pyridine rings is 1. The number of halogens is 1. The third kappa shape index (κ3) is 3.99. The molecule has 2 heterocycles. The number of aromatic amines is 1. The van der Waals surface area contributed by atoms with E-state index in [0.717, 1.165) is 12.3 Å². The highest BCUT2D eigenvalue weighted by Crippen LogP contribution is 1.73. The molecule has 0 spiro atoms. The Morgan fingerprint density at radius 1 is 1.20 bits per heavy atom. The van der Waals surface area contributed by atoms with Crippen molar-refractivity contribution in [3.8, 4) is 0 Å². The fourth-order valence-electron chi connectivity index (χ4n) is 0.714. The van der Waals surface area contributed by atoms with Crippen LogP contribution >= 0.6 is 0 Å². The Labute approximate surface area is 83.8 Å². The zero-order valence-corrected chi connectivity index (χ0v) is 7.63. The van der Waals surface area contributed by atoms with E-state index in [1.165, 1.54) is 0 Å². The monoisotopic (exact) mass is 209 g/mol. The molecule has 2 rings (SSSR count). The number of hydrogen-bond donors (Lipinski definition) is 1. The molecule has 0 radical (unpaired) electrons. The molecular weight excluding hydrogens is 201 g/mol. The summed E-state index contributed by atoms with van der Waals surface area (Å²) in [5.41, 5.74) is -1.66. The molecule has 0 amide bonds. The van der Waals surface area contributed by atoms with E-state index in [1.807, 2.05) is 18.2 Å². The minimum atomic E-state index is -1.05. The smallest absolute Gasteiger partial charge is 0.272 e. The number of aromatic nitrogens is 3. The third-order valence-corrected chi connectivity index (χ3v) is 1.35. The predicted octanol–water partition coefficient (Wildman–Crippen LogP) is 0.351. The average molecular weight is 209 g/mol. The molecule has 2 aromatic heterocycles. The van der Waals surface area contributed by atoms with E-state index in [9.17, 15) is 14.1 Å². The molecule has 78 valence electrons. The molecule has 1 N–H and O–H groups in total. The lowest BCUT2D eigenvalue weighted by Crippen LogP contribution is -2.24. The normalized spacial score (nSPS) is 8.87. The molecule has 0 atom stereocenters. The van der Waals surface area contributed by atoms with Gasteiger partial charge in [0.1, 0.15) is 0 Å². The van der Waals surface area contributed by atoms with Crippen LogP contribution in [0, 0.1) is 0 Å². The minimum Gasteiger partial charge on any atom is -0.272 e. The molecule has 5 nitrogen and oxygen atoms in total. The summed E-state index contributed by atoms with van der Waals surface area (Å²) < 4.78 is 11.9. The highest BCUT2D eigenvalue weighted by molar-refractivity contribution is 4.88. The van der Waals surface area contributed by atoms with Crippen molar-refractivity contribution in [2.75, 3.05) is 0 Å². The van der Waals surface area contributed by atoms with Crippen LogP contribution < -0.4 is 11.2 Å². The number of nitrogens with zero attached hydrogens (tertiary/aromatic N) is 2. The van der Waals surface area contributed by atoms with Gasteiger partial charge in [-0.3, -0.25) is 14.8 Å². The molecule has 0 saturated heterocycles. The van der Waals surface area contributed by atoms with E-state index in [2.05, 4.69) is 4.98 Å². The maximum absolute atomic E-state index is 11.9. The van der Waals surface area contributed by atoms with Crippen molar-refractivity contribution >= 4 is 0 Å². The van der Waals surface area contributed by atoms with Gasteiger partial charge in [0, 0.05) is 24.7 Å². The predicted molar refractivity (Wildman–Crippen MR) is 52.1 cm³/mol. The van der Waals surface area contributed by atoms with Gasteiger partial charge < -0.3 is 0 Å².